The molecular weight excluding hydrogens is 380 g/mol. The number of nitrogens with zero attached hydrogens (tertiary/aromatic N) is 3. The summed E-state index contributed by atoms with van der Waals surface area (Å²) >= 11 is 7.13. The molecule has 8 nitrogen and oxygen atoms in total. The lowest BCUT2D eigenvalue weighted by molar-refractivity contribution is -0.142. The highest BCUT2D eigenvalue weighted by atomic mass is 35.5. The first-order chi connectivity index (χ1) is 12.3. The van der Waals surface area contributed by atoms with Gasteiger partial charge in [-0.05, 0) is 20.3 Å². The number of H-pyrrole nitrogens is 1. The van der Waals surface area contributed by atoms with Crippen molar-refractivity contribution in [1.29, 1.82) is 0 Å². The number of imidazole rings is 1. The fourth-order valence-electron chi connectivity index (χ4n) is 2.35. The number of aryl methyl sites for hydroxylation is 1. The highest BCUT2D eigenvalue weighted by molar-refractivity contribution is 8.00. The molecule has 0 radical (unpaired) electrons. The number of allylic oxidation sites excluding steroid dienone is 2. The Morgan fingerprint density at radius 3 is 2.69 bits per heavy atom. The highest BCUT2D eigenvalue weighted by Crippen LogP contribution is 2.28. The summed E-state index contributed by atoms with van der Waals surface area (Å²) in [6.07, 6.45) is 2.26. The summed E-state index contributed by atoms with van der Waals surface area (Å²) in [4.78, 5) is 43.0. The normalized spacial score (nSPS) is 13.2. The topological polar surface area (TPSA) is 99.0 Å². The molecule has 0 aromatic carbocycles. The quantitative estimate of drug-likeness (QED) is 0.563. The molecule has 0 amide bonds. The minimum atomic E-state index is -0.551. The molecule has 0 bridgehead atoms. The number of halogens is 1. The van der Waals surface area contributed by atoms with E-state index in [1.807, 2.05) is 6.92 Å². The number of thioether (sulfide) groups is 1. The van der Waals surface area contributed by atoms with Crippen LogP contribution in [0.1, 0.15) is 27.2 Å². The average molecular weight is 401 g/mol. The minimum absolute atomic E-state index is 0.251. The van der Waals surface area contributed by atoms with Gasteiger partial charge in [-0.25, -0.2) is 9.78 Å². The van der Waals surface area contributed by atoms with Crippen molar-refractivity contribution < 1.29 is 9.53 Å². The van der Waals surface area contributed by atoms with Crippen LogP contribution in [0.15, 0.2) is 25.9 Å². The van der Waals surface area contributed by atoms with Gasteiger partial charge in [0, 0.05) is 18.6 Å². The number of carbonyl (C=O) groups excluding carboxylic acids is 1. The number of aromatic nitrogens is 4. The van der Waals surface area contributed by atoms with Gasteiger partial charge in [0.2, 0.25) is 0 Å². The zero-order valence-electron chi connectivity index (χ0n) is 15.0. The van der Waals surface area contributed by atoms with E-state index in [1.54, 1.807) is 24.5 Å². The summed E-state index contributed by atoms with van der Waals surface area (Å²) in [5.41, 5.74) is -0.583. The standard InChI is InChI=1S/C16H21ClN4O4S/c1-5-10(14(23)25-6-2)26-16-18-12-11(21(16)8-7-9(3)17)13(22)19-15(24)20(12)4/h7,10H,5-6,8H2,1-4H3,(H,19,22,24)/b9-7-/t10-/m0/s1. The molecule has 0 aliphatic carbocycles. The molecule has 2 rings (SSSR count). The highest BCUT2D eigenvalue weighted by Gasteiger charge is 2.24. The van der Waals surface area contributed by atoms with Crippen molar-refractivity contribution >= 4 is 40.5 Å². The number of nitrogens with one attached hydrogen (secondary N) is 1. The smallest absolute Gasteiger partial charge is 0.329 e. The van der Waals surface area contributed by atoms with E-state index in [9.17, 15) is 14.4 Å². The maximum atomic E-state index is 12.3. The number of fused-ring (bicyclic) bond motifs is 1. The lowest BCUT2D eigenvalue weighted by Crippen LogP contribution is -2.29. The van der Waals surface area contributed by atoms with E-state index in [2.05, 4.69) is 9.97 Å². The van der Waals surface area contributed by atoms with Gasteiger partial charge in [-0.15, -0.1) is 0 Å². The van der Waals surface area contributed by atoms with Crippen molar-refractivity contribution in [3.63, 3.8) is 0 Å². The monoisotopic (exact) mass is 400 g/mol. The summed E-state index contributed by atoms with van der Waals surface area (Å²) < 4.78 is 8.00. The number of ether oxygens (including phenoxy) is 1. The second kappa shape index (κ2) is 8.59. The predicted molar refractivity (Wildman–Crippen MR) is 102 cm³/mol. The van der Waals surface area contributed by atoms with Crippen LogP contribution >= 0.6 is 23.4 Å². The van der Waals surface area contributed by atoms with Crippen LogP contribution in [0.25, 0.3) is 11.2 Å². The molecule has 1 atom stereocenters. The van der Waals surface area contributed by atoms with Gasteiger partial charge >= 0.3 is 11.7 Å². The summed E-state index contributed by atoms with van der Waals surface area (Å²) in [6, 6.07) is 0. The van der Waals surface area contributed by atoms with Crippen molar-refractivity contribution in [1.82, 2.24) is 19.1 Å². The van der Waals surface area contributed by atoms with Gasteiger partial charge in [0.05, 0.1) is 6.61 Å². The molecule has 0 unspecified atom stereocenters. The molecule has 26 heavy (non-hydrogen) atoms. The molecule has 0 saturated carbocycles. The van der Waals surface area contributed by atoms with Crippen molar-refractivity contribution in [2.45, 2.75) is 44.1 Å². The molecule has 2 aromatic heterocycles. The van der Waals surface area contributed by atoms with Crippen LogP contribution in [-0.4, -0.2) is 36.9 Å². The maximum absolute atomic E-state index is 12.3. The largest absolute Gasteiger partial charge is 0.465 e. The van der Waals surface area contributed by atoms with E-state index >= 15 is 0 Å². The SMILES string of the molecule is CCOC(=O)[C@H](CC)Sc1nc2c(c(=O)[nH]c(=O)n2C)n1C/C=C(/C)Cl. The lowest BCUT2D eigenvalue weighted by atomic mass is 10.3. The fourth-order valence-corrected chi connectivity index (χ4v) is 3.44. The van der Waals surface area contributed by atoms with Crippen LogP contribution in [0.2, 0.25) is 0 Å². The third-order valence-corrected chi connectivity index (χ3v) is 5.18. The third kappa shape index (κ3) is 4.21. The number of hydrogen-bond donors (Lipinski definition) is 1. The van der Waals surface area contributed by atoms with Crippen molar-refractivity contribution in [3.05, 3.63) is 31.9 Å². The van der Waals surface area contributed by atoms with Crippen LogP contribution < -0.4 is 11.2 Å². The van der Waals surface area contributed by atoms with E-state index in [0.29, 0.717) is 16.6 Å². The van der Waals surface area contributed by atoms with Gasteiger partial charge in [-0.2, -0.15) is 0 Å². The molecule has 2 aromatic rings. The number of rotatable bonds is 7. The Balaban J connectivity index is 2.62. The molecule has 2 heterocycles. The maximum Gasteiger partial charge on any atom is 0.329 e. The Kier molecular flexibility index (Phi) is 6.71. The molecule has 0 spiro atoms. The van der Waals surface area contributed by atoms with E-state index in [-0.39, 0.29) is 30.3 Å². The van der Waals surface area contributed by atoms with Crippen LogP contribution in [0.5, 0.6) is 0 Å². The van der Waals surface area contributed by atoms with E-state index in [1.165, 1.54) is 23.4 Å². The molecule has 0 aliphatic rings. The number of esters is 1. The number of hydrogen-bond acceptors (Lipinski definition) is 6. The van der Waals surface area contributed by atoms with Gasteiger partial charge in [0.1, 0.15) is 5.25 Å². The Bertz CT molecular complexity index is 956. The Hall–Kier alpha value is -2.00. The second-order valence-electron chi connectivity index (χ2n) is 5.55. The predicted octanol–water partition coefficient (Wildman–Crippen LogP) is 2.00. The van der Waals surface area contributed by atoms with E-state index in [4.69, 9.17) is 16.3 Å². The Morgan fingerprint density at radius 1 is 1.42 bits per heavy atom. The number of aromatic amines is 1. The van der Waals surface area contributed by atoms with Crippen LogP contribution in [-0.2, 0) is 23.1 Å². The Morgan fingerprint density at radius 2 is 2.12 bits per heavy atom. The molecule has 10 heteroatoms. The molecule has 142 valence electrons. The van der Waals surface area contributed by atoms with Crippen molar-refractivity contribution in [2.75, 3.05) is 6.61 Å². The zero-order valence-corrected chi connectivity index (χ0v) is 16.6. The lowest BCUT2D eigenvalue weighted by Gasteiger charge is -2.13. The Labute approximate surface area is 159 Å². The van der Waals surface area contributed by atoms with Gasteiger partial charge in [-0.3, -0.25) is 19.1 Å². The van der Waals surface area contributed by atoms with Crippen LogP contribution in [0.4, 0.5) is 0 Å². The first-order valence-corrected chi connectivity index (χ1v) is 9.40. The summed E-state index contributed by atoms with van der Waals surface area (Å²) in [6.45, 7) is 5.91. The van der Waals surface area contributed by atoms with Crippen LogP contribution in [0, 0.1) is 0 Å². The first-order valence-electron chi connectivity index (χ1n) is 8.15. The first kappa shape index (κ1) is 20.3. The van der Waals surface area contributed by atoms with E-state index < -0.39 is 16.5 Å². The van der Waals surface area contributed by atoms with Gasteiger partial charge in [-0.1, -0.05) is 36.4 Å². The summed E-state index contributed by atoms with van der Waals surface area (Å²) in [5, 5.41) is 0.532. The third-order valence-electron chi connectivity index (χ3n) is 3.70. The minimum Gasteiger partial charge on any atom is -0.465 e. The van der Waals surface area contributed by atoms with Crippen molar-refractivity contribution in [3.8, 4) is 0 Å². The average Bonchev–Trinajstić information content (AvgIpc) is 2.94. The molecule has 0 saturated heterocycles. The number of carbonyl (C=O) groups is 1. The molecular formula is C16H21ClN4O4S. The van der Waals surface area contributed by atoms with Gasteiger partial charge < -0.3 is 9.30 Å². The molecule has 0 fully saturated rings. The van der Waals surface area contributed by atoms with Gasteiger partial charge in [0.15, 0.2) is 16.3 Å². The van der Waals surface area contributed by atoms with Gasteiger partial charge in [0.25, 0.3) is 5.56 Å². The molecule has 0 aliphatic heterocycles. The van der Waals surface area contributed by atoms with E-state index in [0.717, 1.165) is 0 Å². The van der Waals surface area contributed by atoms with Crippen LogP contribution in [0.3, 0.4) is 0 Å². The molecule has 1 N–H and O–H groups in total. The summed E-state index contributed by atoms with van der Waals surface area (Å²) in [7, 11) is 1.53. The second-order valence-corrected chi connectivity index (χ2v) is 7.32. The fraction of sp³-hybridized carbons (Fsp3) is 0.500. The summed E-state index contributed by atoms with van der Waals surface area (Å²) in [5.74, 6) is -0.342. The van der Waals surface area contributed by atoms with Crippen molar-refractivity contribution in [2.24, 2.45) is 7.05 Å². The zero-order chi connectivity index (χ0) is 19.4.